The van der Waals surface area contributed by atoms with Gasteiger partial charge in [-0.3, -0.25) is 0 Å². The van der Waals surface area contributed by atoms with Crippen molar-refractivity contribution < 1.29 is 9.13 Å². The number of benzene rings is 1. The summed E-state index contributed by atoms with van der Waals surface area (Å²) < 4.78 is 18.6. The molecule has 1 aliphatic carbocycles. The Hall–Kier alpha value is -1.09. The van der Waals surface area contributed by atoms with Crippen LogP contribution in [0.1, 0.15) is 31.2 Å². The molecular weight excluding hydrogens is 217 g/mol. The summed E-state index contributed by atoms with van der Waals surface area (Å²) in [6, 6.07) is 5.44. The number of nitrogens with one attached hydrogen (secondary N) is 1. The second-order valence-corrected chi connectivity index (χ2v) is 4.69. The molecule has 0 aromatic heterocycles. The predicted molar refractivity (Wildman–Crippen MR) is 66.9 cm³/mol. The van der Waals surface area contributed by atoms with E-state index in [9.17, 15) is 4.39 Å². The number of hydrogen-bond donors (Lipinski definition) is 1. The minimum Gasteiger partial charge on any atom is -0.493 e. The lowest BCUT2D eigenvalue weighted by Gasteiger charge is -2.09. The Morgan fingerprint density at radius 2 is 2.18 bits per heavy atom. The van der Waals surface area contributed by atoms with Crippen molar-refractivity contribution in [1.29, 1.82) is 0 Å². The van der Waals surface area contributed by atoms with Gasteiger partial charge in [0.2, 0.25) is 0 Å². The highest BCUT2D eigenvalue weighted by Gasteiger charge is 2.19. The summed E-state index contributed by atoms with van der Waals surface area (Å²) in [4.78, 5) is 0. The lowest BCUT2D eigenvalue weighted by molar-refractivity contribution is 0.302. The van der Waals surface area contributed by atoms with E-state index in [-0.39, 0.29) is 5.82 Å². The molecule has 17 heavy (non-hydrogen) atoms. The Balaban J connectivity index is 1.61. The van der Waals surface area contributed by atoms with E-state index in [2.05, 4.69) is 5.32 Å². The molecule has 1 fully saturated rings. The van der Waals surface area contributed by atoms with Crippen molar-refractivity contribution >= 4 is 0 Å². The third kappa shape index (κ3) is 4.35. The highest BCUT2D eigenvalue weighted by atomic mass is 19.1. The molecule has 1 saturated carbocycles. The van der Waals surface area contributed by atoms with Crippen LogP contribution in [-0.4, -0.2) is 19.2 Å². The van der Waals surface area contributed by atoms with Gasteiger partial charge in [-0.1, -0.05) is 6.07 Å². The van der Waals surface area contributed by atoms with E-state index in [0.29, 0.717) is 12.4 Å². The van der Waals surface area contributed by atoms with Gasteiger partial charge in [0.1, 0.15) is 11.6 Å². The molecule has 0 heterocycles. The maximum Gasteiger partial charge on any atom is 0.126 e. The largest absolute Gasteiger partial charge is 0.493 e. The molecule has 0 atom stereocenters. The Bertz CT molecular complexity index is 363. The minimum absolute atomic E-state index is 0.235. The first-order valence-corrected chi connectivity index (χ1v) is 6.38. The topological polar surface area (TPSA) is 21.3 Å². The van der Waals surface area contributed by atoms with Crippen molar-refractivity contribution in [3.63, 3.8) is 0 Å². The zero-order valence-electron chi connectivity index (χ0n) is 10.3. The van der Waals surface area contributed by atoms with Crippen molar-refractivity contribution in [3.05, 3.63) is 29.6 Å². The van der Waals surface area contributed by atoms with E-state index in [1.807, 2.05) is 6.92 Å². The maximum absolute atomic E-state index is 13.0. The number of rotatable bonds is 7. The van der Waals surface area contributed by atoms with E-state index in [0.717, 1.165) is 31.0 Å². The van der Waals surface area contributed by atoms with Crippen LogP contribution in [0.15, 0.2) is 18.2 Å². The first kappa shape index (κ1) is 12.4. The fourth-order valence-corrected chi connectivity index (χ4v) is 1.73. The summed E-state index contributed by atoms with van der Waals surface area (Å²) in [5, 5.41) is 3.46. The van der Waals surface area contributed by atoms with Gasteiger partial charge in [-0.25, -0.2) is 4.39 Å². The Kier molecular flexibility index (Phi) is 4.37. The number of ether oxygens (including phenoxy) is 1. The smallest absolute Gasteiger partial charge is 0.126 e. The predicted octanol–water partition coefficient (Wildman–Crippen LogP) is 3.05. The molecule has 2 nitrogen and oxygen atoms in total. The molecule has 1 N–H and O–H groups in total. The van der Waals surface area contributed by atoms with Crippen LogP contribution in [0, 0.1) is 12.7 Å². The second-order valence-electron chi connectivity index (χ2n) is 4.69. The summed E-state index contributed by atoms with van der Waals surface area (Å²) in [7, 11) is 0. The molecule has 1 aromatic carbocycles. The van der Waals surface area contributed by atoms with Crippen LogP contribution in [0.25, 0.3) is 0 Å². The second kappa shape index (κ2) is 6.01. The summed E-state index contributed by atoms with van der Waals surface area (Å²) >= 11 is 0. The highest BCUT2D eigenvalue weighted by molar-refractivity contribution is 5.32. The molecule has 3 heteroatoms. The molecule has 2 rings (SSSR count). The van der Waals surface area contributed by atoms with Gasteiger partial charge in [-0.15, -0.1) is 0 Å². The third-order valence-corrected chi connectivity index (χ3v) is 2.99. The molecule has 0 amide bonds. The van der Waals surface area contributed by atoms with Crippen molar-refractivity contribution in [3.8, 4) is 5.75 Å². The first-order chi connectivity index (χ1) is 8.25. The van der Waals surface area contributed by atoms with Gasteiger partial charge in [0.15, 0.2) is 0 Å². The van der Waals surface area contributed by atoms with E-state index in [4.69, 9.17) is 4.74 Å². The lowest BCUT2D eigenvalue weighted by Crippen LogP contribution is -2.17. The fraction of sp³-hybridized carbons (Fsp3) is 0.571. The molecule has 0 radical (unpaired) electrons. The third-order valence-electron chi connectivity index (χ3n) is 2.99. The van der Waals surface area contributed by atoms with Gasteiger partial charge >= 0.3 is 0 Å². The van der Waals surface area contributed by atoms with Crippen molar-refractivity contribution in [1.82, 2.24) is 5.32 Å². The van der Waals surface area contributed by atoms with Crippen molar-refractivity contribution in [2.24, 2.45) is 0 Å². The van der Waals surface area contributed by atoms with Crippen LogP contribution in [0.4, 0.5) is 4.39 Å². The highest BCUT2D eigenvalue weighted by Crippen LogP contribution is 2.19. The standard InChI is InChI=1S/C14H20FNO/c1-11-4-5-12(15)10-14(11)17-9-3-2-8-16-13-6-7-13/h4-5,10,13,16H,2-3,6-9H2,1H3. The molecular formula is C14H20FNO. The number of hydrogen-bond acceptors (Lipinski definition) is 2. The summed E-state index contributed by atoms with van der Waals surface area (Å²) in [5.41, 5.74) is 0.988. The molecule has 0 spiro atoms. The molecule has 0 aliphatic heterocycles. The number of unbranched alkanes of at least 4 members (excludes halogenated alkanes) is 1. The maximum atomic E-state index is 13.0. The normalized spacial score (nSPS) is 14.9. The number of halogens is 1. The van der Waals surface area contributed by atoms with Gasteiger partial charge in [-0.05, 0) is 50.8 Å². The SMILES string of the molecule is Cc1ccc(F)cc1OCCCCNC1CC1. The quantitative estimate of drug-likeness (QED) is 0.736. The Labute approximate surface area is 102 Å². The van der Waals surface area contributed by atoms with Gasteiger partial charge in [0.25, 0.3) is 0 Å². The zero-order valence-corrected chi connectivity index (χ0v) is 10.3. The molecule has 0 bridgehead atoms. The first-order valence-electron chi connectivity index (χ1n) is 6.38. The number of aryl methyl sites for hydroxylation is 1. The van der Waals surface area contributed by atoms with E-state index in [1.165, 1.54) is 25.0 Å². The van der Waals surface area contributed by atoms with E-state index >= 15 is 0 Å². The molecule has 0 unspecified atom stereocenters. The van der Waals surface area contributed by atoms with Crippen LogP contribution in [-0.2, 0) is 0 Å². The fourth-order valence-electron chi connectivity index (χ4n) is 1.73. The molecule has 1 aromatic rings. The minimum atomic E-state index is -0.235. The summed E-state index contributed by atoms with van der Waals surface area (Å²) in [6.07, 6.45) is 4.79. The molecule has 0 saturated heterocycles. The van der Waals surface area contributed by atoms with Crippen LogP contribution in [0.5, 0.6) is 5.75 Å². The van der Waals surface area contributed by atoms with Crippen LogP contribution >= 0.6 is 0 Å². The monoisotopic (exact) mass is 237 g/mol. The van der Waals surface area contributed by atoms with E-state index in [1.54, 1.807) is 6.07 Å². The molecule has 94 valence electrons. The van der Waals surface area contributed by atoms with Crippen LogP contribution in [0.2, 0.25) is 0 Å². The molecule has 1 aliphatic rings. The Morgan fingerprint density at radius 1 is 1.35 bits per heavy atom. The summed E-state index contributed by atoms with van der Waals surface area (Å²) in [5.74, 6) is 0.432. The van der Waals surface area contributed by atoms with Gasteiger partial charge < -0.3 is 10.1 Å². The van der Waals surface area contributed by atoms with Crippen LogP contribution < -0.4 is 10.1 Å². The Morgan fingerprint density at radius 3 is 2.94 bits per heavy atom. The zero-order chi connectivity index (χ0) is 12.1. The summed E-state index contributed by atoms with van der Waals surface area (Å²) in [6.45, 7) is 3.66. The van der Waals surface area contributed by atoms with Crippen molar-refractivity contribution in [2.75, 3.05) is 13.2 Å². The van der Waals surface area contributed by atoms with Gasteiger partial charge in [0.05, 0.1) is 6.61 Å². The van der Waals surface area contributed by atoms with Gasteiger partial charge in [-0.2, -0.15) is 0 Å². The van der Waals surface area contributed by atoms with Crippen LogP contribution in [0.3, 0.4) is 0 Å². The average Bonchev–Trinajstić information content (AvgIpc) is 3.11. The van der Waals surface area contributed by atoms with Crippen molar-refractivity contribution in [2.45, 2.75) is 38.6 Å². The lowest BCUT2D eigenvalue weighted by atomic mass is 10.2. The van der Waals surface area contributed by atoms with Gasteiger partial charge in [0, 0.05) is 12.1 Å². The average molecular weight is 237 g/mol. The van der Waals surface area contributed by atoms with E-state index < -0.39 is 0 Å².